The molecule has 2 atom stereocenters. The highest BCUT2D eigenvalue weighted by Crippen LogP contribution is 2.37. The summed E-state index contributed by atoms with van der Waals surface area (Å²) in [5.41, 5.74) is 1.26. The van der Waals surface area contributed by atoms with Gasteiger partial charge in [-0.05, 0) is 56.1 Å². The predicted molar refractivity (Wildman–Crippen MR) is 170 cm³/mol. The van der Waals surface area contributed by atoms with Gasteiger partial charge >= 0.3 is 12.1 Å². The number of aryl methyl sites for hydroxylation is 1. The second-order valence-electron chi connectivity index (χ2n) is 11.6. The van der Waals surface area contributed by atoms with Gasteiger partial charge in [-0.3, -0.25) is 4.68 Å². The summed E-state index contributed by atoms with van der Waals surface area (Å²) < 4.78 is 99.9. The van der Waals surface area contributed by atoms with Crippen molar-refractivity contribution in [2.45, 2.75) is 53.0 Å². The Hall–Kier alpha value is -3.59. The Kier molecular flexibility index (Phi) is 12.1. The van der Waals surface area contributed by atoms with Gasteiger partial charge in [-0.1, -0.05) is 18.2 Å². The molecule has 0 radical (unpaired) electrons. The number of alkyl halides is 3. The second-order valence-corrected chi connectivity index (χ2v) is 15.4. The van der Waals surface area contributed by atoms with Crippen molar-refractivity contribution in [3.8, 4) is 16.9 Å². The summed E-state index contributed by atoms with van der Waals surface area (Å²) in [7, 11) is -4.09. The molecule has 2 aliphatic heterocycles. The first-order chi connectivity index (χ1) is 22.9. The Morgan fingerprint density at radius 2 is 1.76 bits per heavy atom. The van der Waals surface area contributed by atoms with E-state index in [0.717, 1.165) is 17.5 Å². The van der Waals surface area contributed by atoms with Crippen LogP contribution in [-0.4, -0.2) is 111 Å². The molecule has 2 unspecified atom stereocenters. The van der Waals surface area contributed by atoms with Gasteiger partial charge in [0.1, 0.15) is 18.5 Å². The number of carbonyl (C=O) groups is 1. The minimum Gasteiger partial charge on any atom is -0.491 e. The number of benzene rings is 2. The molecule has 0 amide bonds. The number of rotatable bonds is 11. The molecule has 2 fully saturated rings. The van der Waals surface area contributed by atoms with Gasteiger partial charge < -0.3 is 25.0 Å². The second kappa shape index (κ2) is 15.5. The van der Waals surface area contributed by atoms with E-state index in [1.165, 1.54) is 23.5 Å². The van der Waals surface area contributed by atoms with E-state index in [9.17, 15) is 35.1 Å². The fraction of sp³-hybridized carbons (Fsp3) is 0.467. The van der Waals surface area contributed by atoms with Crippen LogP contribution in [0.2, 0.25) is 0 Å². The van der Waals surface area contributed by atoms with Gasteiger partial charge in [0.05, 0.1) is 28.2 Å². The lowest BCUT2D eigenvalue weighted by Crippen LogP contribution is -2.47. The van der Waals surface area contributed by atoms with E-state index in [4.69, 9.17) is 19.4 Å². The lowest BCUT2D eigenvalue weighted by molar-refractivity contribution is -0.192. The minimum absolute atomic E-state index is 0.0103. The lowest BCUT2D eigenvalue weighted by atomic mass is 9.88. The predicted octanol–water partition coefficient (Wildman–Crippen LogP) is 1.97. The average Bonchev–Trinajstić information content (AvgIpc) is 3.69. The van der Waals surface area contributed by atoms with Crippen LogP contribution in [0.1, 0.15) is 19.3 Å². The molecule has 49 heavy (non-hydrogen) atoms. The normalized spacial score (nSPS) is 18.9. The van der Waals surface area contributed by atoms with Crippen LogP contribution < -0.4 is 14.8 Å². The highest BCUT2D eigenvalue weighted by atomic mass is 32.2. The Bertz CT molecular complexity index is 1810. The van der Waals surface area contributed by atoms with E-state index >= 15 is 0 Å². The molecule has 2 aromatic carbocycles. The Morgan fingerprint density at radius 3 is 2.37 bits per heavy atom. The number of nitrogens with one attached hydrogen (secondary N) is 2. The zero-order valence-electron chi connectivity index (χ0n) is 26.6. The highest BCUT2D eigenvalue weighted by Gasteiger charge is 2.45. The first-order valence-corrected chi connectivity index (χ1v) is 18.0. The molecule has 270 valence electrons. The maximum atomic E-state index is 13.4. The first-order valence-electron chi connectivity index (χ1n) is 15.1. The van der Waals surface area contributed by atoms with Crippen molar-refractivity contribution in [3.63, 3.8) is 0 Å². The van der Waals surface area contributed by atoms with Crippen LogP contribution in [0, 0.1) is 0 Å². The van der Waals surface area contributed by atoms with Crippen LogP contribution in [0.4, 0.5) is 13.2 Å². The molecule has 4 N–H and O–H groups in total. The Labute approximate surface area is 281 Å². The zero-order valence-corrected chi connectivity index (χ0v) is 28.3. The van der Waals surface area contributed by atoms with Crippen molar-refractivity contribution in [2.75, 3.05) is 39.9 Å². The summed E-state index contributed by atoms with van der Waals surface area (Å²) in [6, 6.07) is 13.0. The van der Waals surface area contributed by atoms with Gasteiger partial charge in [-0.2, -0.15) is 22.6 Å². The van der Waals surface area contributed by atoms with Crippen LogP contribution >= 0.6 is 0 Å². The molecule has 1 aromatic heterocycles. The molecule has 0 bridgehead atoms. The van der Waals surface area contributed by atoms with E-state index in [2.05, 4.69) is 15.1 Å². The Morgan fingerprint density at radius 1 is 1.10 bits per heavy atom. The summed E-state index contributed by atoms with van der Waals surface area (Å²) >= 11 is 0. The molecule has 0 aliphatic carbocycles. The third kappa shape index (κ3) is 9.99. The molecule has 5 rings (SSSR count). The van der Waals surface area contributed by atoms with E-state index < -0.39 is 43.9 Å². The number of sulfonamides is 2. The maximum Gasteiger partial charge on any atom is 0.490 e. The van der Waals surface area contributed by atoms with Crippen molar-refractivity contribution < 1.29 is 54.5 Å². The molecule has 1 spiro atoms. The summed E-state index contributed by atoms with van der Waals surface area (Å²) in [4.78, 5) is 9.24. The smallest absolute Gasteiger partial charge is 0.490 e. The topological polar surface area (TPSA) is 189 Å². The summed E-state index contributed by atoms with van der Waals surface area (Å²) in [5, 5.41) is 25.1. The lowest BCUT2D eigenvalue weighted by Gasteiger charge is -2.38. The third-order valence-corrected chi connectivity index (χ3v) is 11.4. The van der Waals surface area contributed by atoms with Gasteiger partial charge in [-0.25, -0.2) is 26.4 Å². The molecule has 2 aliphatic rings. The molecule has 3 heterocycles. The number of aliphatic hydroxyl groups excluding tert-OH is 1. The van der Waals surface area contributed by atoms with Crippen LogP contribution in [0.25, 0.3) is 11.1 Å². The SMILES string of the molecule is CNS(=O)(=O)c1cccc(OCC(O)CNC2COC3(CCN(S(=O)(=O)c4cccc(-c5cnn(C)c5)c4)CC3)C2)c1.O=C(O)C(F)(F)F. The van der Waals surface area contributed by atoms with Crippen LogP contribution in [-0.2, 0) is 36.6 Å². The van der Waals surface area contributed by atoms with Crippen molar-refractivity contribution in [1.29, 1.82) is 0 Å². The monoisotopic (exact) mass is 733 g/mol. The summed E-state index contributed by atoms with van der Waals surface area (Å²) in [6.07, 6.45) is -0.448. The van der Waals surface area contributed by atoms with Gasteiger partial charge in [-0.15, -0.1) is 0 Å². The number of aliphatic carboxylic acids is 1. The molecular weight excluding hydrogens is 695 g/mol. The number of hydrogen-bond acceptors (Lipinski definition) is 10. The number of aliphatic hydroxyl groups is 1. The van der Waals surface area contributed by atoms with Gasteiger partial charge in [0.15, 0.2) is 0 Å². The highest BCUT2D eigenvalue weighted by molar-refractivity contribution is 7.89. The number of ether oxygens (including phenoxy) is 2. The molecular formula is C30H38F3N5O9S2. The fourth-order valence-corrected chi connectivity index (χ4v) is 7.67. The maximum absolute atomic E-state index is 13.4. The minimum atomic E-state index is -5.08. The Balaban J connectivity index is 0.000000698. The number of nitrogens with zero attached hydrogens (tertiary/aromatic N) is 3. The van der Waals surface area contributed by atoms with Gasteiger partial charge in [0.25, 0.3) is 0 Å². The fourth-order valence-electron chi connectivity index (χ4n) is 5.42. The first kappa shape index (κ1) is 38.2. The van der Waals surface area contributed by atoms with Crippen molar-refractivity contribution in [2.24, 2.45) is 7.05 Å². The van der Waals surface area contributed by atoms with Gasteiger partial charge in [0, 0.05) is 50.6 Å². The van der Waals surface area contributed by atoms with Crippen molar-refractivity contribution >= 4 is 26.0 Å². The number of hydrogen-bond donors (Lipinski definition) is 4. The largest absolute Gasteiger partial charge is 0.491 e. The molecule has 19 heteroatoms. The third-order valence-electron chi connectivity index (χ3n) is 8.06. The molecule has 2 saturated heterocycles. The zero-order chi connectivity index (χ0) is 36.0. The van der Waals surface area contributed by atoms with Crippen LogP contribution in [0.15, 0.2) is 70.7 Å². The quantitative estimate of drug-likeness (QED) is 0.226. The standard InChI is InChI=1S/C28H37N5O7S2.C2HF3O2/c1-29-41(35,36)26-7-4-6-25(14-26)39-20-24(34)17-30-23-15-28(40-19-23)9-11-33(12-10-28)42(37,38)27-8-3-5-21(13-27)22-16-31-32(2)18-22;3-2(4,5)1(6)7/h3-8,13-14,16,18,23-24,29-30,34H,9-12,15,17,19-20H2,1-2H3;(H,6,7). The average molecular weight is 734 g/mol. The summed E-state index contributed by atoms with van der Waals surface area (Å²) in [5.74, 6) is -2.41. The number of halogens is 3. The van der Waals surface area contributed by atoms with Crippen LogP contribution in [0.5, 0.6) is 5.75 Å². The molecule has 0 saturated carbocycles. The summed E-state index contributed by atoms with van der Waals surface area (Å²) in [6.45, 7) is 1.46. The van der Waals surface area contributed by atoms with E-state index in [1.807, 2.05) is 19.3 Å². The molecule has 3 aromatic rings. The number of piperidine rings is 1. The van der Waals surface area contributed by atoms with E-state index in [0.29, 0.717) is 38.3 Å². The number of carboxylic acids is 1. The van der Waals surface area contributed by atoms with E-state index in [1.54, 1.807) is 41.2 Å². The van der Waals surface area contributed by atoms with Crippen molar-refractivity contribution in [3.05, 3.63) is 60.9 Å². The van der Waals surface area contributed by atoms with Gasteiger partial charge in [0.2, 0.25) is 20.0 Å². The van der Waals surface area contributed by atoms with Crippen LogP contribution in [0.3, 0.4) is 0 Å². The molecule has 14 nitrogen and oxygen atoms in total. The number of aromatic nitrogens is 2. The number of carboxylic acid groups (broad SMARTS) is 1. The van der Waals surface area contributed by atoms with E-state index in [-0.39, 0.29) is 29.0 Å². The van der Waals surface area contributed by atoms with Crippen molar-refractivity contribution in [1.82, 2.24) is 24.1 Å².